The Kier molecular flexibility index (Phi) is 6.35. The zero-order valence-electron chi connectivity index (χ0n) is 12.0. The molecule has 0 saturated carbocycles. The number of hydrogen-bond donors (Lipinski definition) is 2. The van der Waals surface area contributed by atoms with Crippen LogP contribution in [0.15, 0.2) is 22.7 Å². The number of carbonyl (C=O) groups is 2. The summed E-state index contributed by atoms with van der Waals surface area (Å²) in [5.41, 5.74) is 0.390. The molecule has 1 saturated heterocycles. The highest BCUT2D eigenvalue weighted by molar-refractivity contribution is 9.10. The van der Waals surface area contributed by atoms with Gasteiger partial charge in [-0.3, -0.25) is 4.79 Å². The fourth-order valence-electron chi connectivity index (χ4n) is 2.11. The van der Waals surface area contributed by atoms with E-state index in [2.05, 4.69) is 21.2 Å². The van der Waals surface area contributed by atoms with E-state index >= 15 is 0 Å². The van der Waals surface area contributed by atoms with Crippen LogP contribution in [0.25, 0.3) is 0 Å². The van der Waals surface area contributed by atoms with Crippen molar-refractivity contribution in [3.63, 3.8) is 0 Å². The third kappa shape index (κ3) is 5.08. The predicted octanol–water partition coefficient (Wildman–Crippen LogP) is 2.07. The van der Waals surface area contributed by atoms with Gasteiger partial charge in [-0.15, -0.1) is 0 Å². The molecule has 1 aromatic carbocycles. The number of amides is 1. The van der Waals surface area contributed by atoms with Crippen LogP contribution in [0.4, 0.5) is 0 Å². The van der Waals surface area contributed by atoms with E-state index in [0.717, 1.165) is 13.0 Å². The highest BCUT2D eigenvalue weighted by Crippen LogP contribution is 2.16. The van der Waals surface area contributed by atoms with Crippen molar-refractivity contribution in [3.8, 4) is 0 Å². The number of carboxylic acid groups (broad SMARTS) is 1. The van der Waals surface area contributed by atoms with Gasteiger partial charge in [-0.2, -0.15) is 0 Å². The minimum atomic E-state index is -1.07. The van der Waals surface area contributed by atoms with E-state index in [0.29, 0.717) is 36.2 Å². The van der Waals surface area contributed by atoms with Crippen molar-refractivity contribution in [2.75, 3.05) is 26.4 Å². The van der Waals surface area contributed by atoms with Gasteiger partial charge in [-0.05, 0) is 31.0 Å². The molecule has 0 radical (unpaired) electrons. The van der Waals surface area contributed by atoms with Gasteiger partial charge in [0.1, 0.15) is 0 Å². The van der Waals surface area contributed by atoms with Crippen LogP contribution >= 0.6 is 15.9 Å². The number of benzene rings is 1. The smallest absolute Gasteiger partial charge is 0.335 e. The Balaban J connectivity index is 1.75. The molecular weight excluding hydrogens is 354 g/mol. The van der Waals surface area contributed by atoms with Gasteiger partial charge in [0.15, 0.2) is 0 Å². The number of ether oxygens (including phenoxy) is 2. The molecule has 0 spiro atoms. The Bertz CT molecular complexity index is 543. The first-order valence-corrected chi connectivity index (χ1v) is 7.87. The molecule has 120 valence electrons. The number of hydrogen-bond acceptors (Lipinski definition) is 4. The van der Waals surface area contributed by atoms with Gasteiger partial charge in [-0.25, -0.2) is 4.79 Å². The Morgan fingerprint density at radius 2 is 2.14 bits per heavy atom. The topological polar surface area (TPSA) is 84.9 Å². The standard InChI is InChI=1S/C15H18BrNO5/c16-12-7-10(6-11(8-12)15(19)20)14(18)17-3-1-4-22-13-2-5-21-9-13/h6-8,13H,1-5,9H2,(H,17,18)(H,19,20). The molecule has 0 bridgehead atoms. The summed E-state index contributed by atoms with van der Waals surface area (Å²) in [5, 5.41) is 11.7. The Morgan fingerprint density at radius 1 is 1.36 bits per heavy atom. The fraction of sp³-hybridized carbons (Fsp3) is 0.467. The third-order valence-electron chi connectivity index (χ3n) is 3.26. The Hall–Kier alpha value is -1.44. The van der Waals surface area contributed by atoms with E-state index in [1.165, 1.54) is 12.1 Å². The molecule has 2 rings (SSSR count). The minimum Gasteiger partial charge on any atom is -0.478 e. The summed E-state index contributed by atoms with van der Waals surface area (Å²) < 4.78 is 11.4. The van der Waals surface area contributed by atoms with Crippen molar-refractivity contribution in [1.29, 1.82) is 0 Å². The lowest BCUT2D eigenvalue weighted by Crippen LogP contribution is -2.26. The molecule has 2 N–H and O–H groups in total. The van der Waals surface area contributed by atoms with Gasteiger partial charge in [0.25, 0.3) is 5.91 Å². The number of nitrogens with one attached hydrogen (secondary N) is 1. The van der Waals surface area contributed by atoms with E-state index < -0.39 is 5.97 Å². The first-order chi connectivity index (χ1) is 10.6. The third-order valence-corrected chi connectivity index (χ3v) is 3.71. The van der Waals surface area contributed by atoms with Crippen molar-refractivity contribution in [2.24, 2.45) is 0 Å². The van der Waals surface area contributed by atoms with E-state index in [-0.39, 0.29) is 17.6 Å². The van der Waals surface area contributed by atoms with Crippen molar-refractivity contribution >= 4 is 27.8 Å². The maximum Gasteiger partial charge on any atom is 0.335 e. The second-order valence-corrected chi connectivity index (χ2v) is 5.92. The number of aromatic carboxylic acids is 1. The molecule has 7 heteroatoms. The van der Waals surface area contributed by atoms with Crippen LogP contribution in [0.3, 0.4) is 0 Å². The van der Waals surface area contributed by atoms with Gasteiger partial charge < -0.3 is 19.9 Å². The van der Waals surface area contributed by atoms with Crippen LogP contribution in [0.1, 0.15) is 33.6 Å². The number of carboxylic acids is 1. The molecule has 1 amide bonds. The summed E-state index contributed by atoms with van der Waals surface area (Å²) in [7, 11) is 0. The quantitative estimate of drug-likeness (QED) is 0.716. The summed E-state index contributed by atoms with van der Waals surface area (Å²) in [5.74, 6) is -1.37. The summed E-state index contributed by atoms with van der Waals surface area (Å²) in [4.78, 5) is 23.0. The lowest BCUT2D eigenvalue weighted by atomic mass is 10.1. The van der Waals surface area contributed by atoms with E-state index in [1.807, 2.05) is 0 Å². The summed E-state index contributed by atoms with van der Waals surface area (Å²) >= 11 is 3.21. The van der Waals surface area contributed by atoms with Crippen LogP contribution in [0.5, 0.6) is 0 Å². The fourth-order valence-corrected chi connectivity index (χ4v) is 2.61. The average molecular weight is 372 g/mol. The predicted molar refractivity (Wildman–Crippen MR) is 83.2 cm³/mol. The lowest BCUT2D eigenvalue weighted by Gasteiger charge is -2.10. The van der Waals surface area contributed by atoms with E-state index in [9.17, 15) is 9.59 Å². The number of halogens is 1. The van der Waals surface area contributed by atoms with Gasteiger partial charge in [0.05, 0.1) is 18.3 Å². The van der Waals surface area contributed by atoms with Crippen LogP contribution in [-0.2, 0) is 9.47 Å². The second-order valence-electron chi connectivity index (χ2n) is 5.00. The zero-order valence-corrected chi connectivity index (χ0v) is 13.6. The lowest BCUT2D eigenvalue weighted by molar-refractivity contribution is 0.0415. The number of carbonyl (C=O) groups excluding carboxylic acids is 1. The van der Waals surface area contributed by atoms with E-state index in [4.69, 9.17) is 14.6 Å². The second kappa shape index (κ2) is 8.26. The van der Waals surface area contributed by atoms with Crippen molar-refractivity contribution < 1.29 is 24.2 Å². The molecule has 1 fully saturated rings. The SMILES string of the molecule is O=C(O)c1cc(Br)cc(C(=O)NCCCOC2CCOC2)c1. The maximum atomic E-state index is 12.0. The number of rotatable bonds is 7. The highest BCUT2D eigenvalue weighted by Gasteiger charge is 2.15. The molecule has 1 heterocycles. The highest BCUT2D eigenvalue weighted by atomic mass is 79.9. The largest absolute Gasteiger partial charge is 0.478 e. The van der Waals surface area contributed by atoms with Crippen LogP contribution in [-0.4, -0.2) is 49.5 Å². The van der Waals surface area contributed by atoms with Crippen LogP contribution in [0.2, 0.25) is 0 Å². The monoisotopic (exact) mass is 371 g/mol. The molecule has 0 aliphatic carbocycles. The molecular formula is C15H18BrNO5. The maximum absolute atomic E-state index is 12.0. The summed E-state index contributed by atoms with van der Waals surface area (Å²) in [6.45, 7) is 2.42. The molecule has 1 aromatic rings. The molecule has 0 aromatic heterocycles. The first kappa shape index (κ1) is 16.9. The molecule has 1 atom stereocenters. The summed E-state index contributed by atoms with van der Waals surface area (Å²) in [6.07, 6.45) is 1.78. The Morgan fingerprint density at radius 3 is 2.82 bits per heavy atom. The first-order valence-electron chi connectivity index (χ1n) is 7.07. The van der Waals surface area contributed by atoms with Gasteiger partial charge in [0.2, 0.25) is 0 Å². The van der Waals surface area contributed by atoms with Crippen molar-refractivity contribution in [1.82, 2.24) is 5.32 Å². The molecule has 1 unspecified atom stereocenters. The Labute approximate surface area is 136 Å². The minimum absolute atomic E-state index is 0.0732. The van der Waals surface area contributed by atoms with Crippen LogP contribution in [0, 0.1) is 0 Å². The van der Waals surface area contributed by atoms with Gasteiger partial charge in [-0.1, -0.05) is 15.9 Å². The molecule has 22 heavy (non-hydrogen) atoms. The van der Waals surface area contributed by atoms with Crippen molar-refractivity contribution in [2.45, 2.75) is 18.9 Å². The summed E-state index contributed by atoms with van der Waals surface area (Å²) in [6, 6.07) is 4.40. The zero-order chi connectivity index (χ0) is 15.9. The van der Waals surface area contributed by atoms with Crippen molar-refractivity contribution in [3.05, 3.63) is 33.8 Å². The molecule has 1 aliphatic heterocycles. The van der Waals surface area contributed by atoms with E-state index in [1.54, 1.807) is 6.07 Å². The molecule has 6 nitrogen and oxygen atoms in total. The molecule has 1 aliphatic rings. The normalized spacial score (nSPS) is 17.4. The van der Waals surface area contributed by atoms with Crippen LogP contribution < -0.4 is 5.32 Å². The van der Waals surface area contributed by atoms with Gasteiger partial charge in [0, 0.05) is 29.8 Å². The average Bonchev–Trinajstić information content (AvgIpc) is 2.99. The van der Waals surface area contributed by atoms with Gasteiger partial charge >= 0.3 is 5.97 Å².